The Labute approximate surface area is 181 Å². The molecule has 5 rings (SSSR count). The van der Waals surface area contributed by atoms with Crippen molar-refractivity contribution in [3.05, 3.63) is 102 Å². The molecule has 1 unspecified atom stereocenters. The highest BCUT2D eigenvalue weighted by Gasteiger charge is 2.26. The topological polar surface area (TPSA) is 62.0 Å². The smallest absolute Gasteiger partial charge is 0.191 e. The number of benzene rings is 3. The summed E-state index contributed by atoms with van der Waals surface area (Å²) in [6, 6.07) is 24.5. The van der Waals surface area contributed by atoms with Gasteiger partial charge in [0, 0.05) is 40.3 Å². The normalized spacial score (nSPS) is 14.3. The zero-order valence-corrected chi connectivity index (χ0v) is 17.2. The second kappa shape index (κ2) is 8.23. The van der Waals surface area contributed by atoms with E-state index in [1.165, 1.54) is 0 Å². The van der Waals surface area contributed by atoms with Crippen molar-refractivity contribution in [1.82, 2.24) is 4.98 Å². The molecule has 0 bridgehead atoms. The van der Waals surface area contributed by atoms with Crippen molar-refractivity contribution < 1.29 is 9.59 Å². The molecule has 0 saturated heterocycles. The fraction of sp³-hybridized carbons (Fsp3) is 0.185. The van der Waals surface area contributed by atoms with Gasteiger partial charge in [0.05, 0.1) is 0 Å². The summed E-state index contributed by atoms with van der Waals surface area (Å²) in [5, 5.41) is 4.30. The molecule has 1 atom stereocenters. The van der Waals surface area contributed by atoms with Gasteiger partial charge >= 0.3 is 0 Å². The summed E-state index contributed by atoms with van der Waals surface area (Å²) in [4.78, 5) is 29.4. The number of nitrogens with one attached hydrogen (secondary N) is 2. The zero-order chi connectivity index (χ0) is 21.2. The van der Waals surface area contributed by atoms with Gasteiger partial charge in [-0.05, 0) is 42.5 Å². The highest BCUT2D eigenvalue weighted by atomic mass is 16.1. The van der Waals surface area contributed by atoms with Crippen molar-refractivity contribution in [3.63, 3.8) is 0 Å². The number of ketones is 2. The number of anilines is 1. The maximum atomic E-state index is 13.6. The molecule has 4 aromatic rings. The van der Waals surface area contributed by atoms with Crippen molar-refractivity contribution in [1.29, 1.82) is 0 Å². The lowest BCUT2D eigenvalue weighted by atomic mass is 9.96. The van der Waals surface area contributed by atoms with Crippen molar-refractivity contribution in [2.24, 2.45) is 5.92 Å². The summed E-state index contributed by atoms with van der Waals surface area (Å²) in [5.41, 5.74) is 3.93. The standard InChI is InChI=1S/C27H24N2O2/c30-25(15-18-13-14-18)20-9-6-10-21(16-20)29-26(19-7-2-1-3-8-19)27(31)23-17-28-24-12-5-4-11-22(23)24/h1-12,16-18,26,28-29H,13-15H2. The molecule has 154 valence electrons. The van der Waals surface area contributed by atoms with Crippen molar-refractivity contribution in [3.8, 4) is 0 Å². The zero-order valence-electron chi connectivity index (χ0n) is 17.2. The molecular weight excluding hydrogens is 384 g/mol. The predicted octanol–water partition coefficient (Wildman–Crippen LogP) is 6.19. The lowest BCUT2D eigenvalue weighted by Gasteiger charge is -2.20. The van der Waals surface area contributed by atoms with E-state index in [0.29, 0.717) is 23.5 Å². The molecule has 1 heterocycles. The van der Waals surface area contributed by atoms with Crippen LogP contribution in [0.3, 0.4) is 0 Å². The van der Waals surface area contributed by atoms with E-state index >= 15 is 0 Å². The Balaban J connectivity index is 1.47. The van der Waals surface area contributed by atoms with Gasteiger partial charge in [0.2, 0.25) is 0 Å². The van der Waals surface area contributed by atoms with Gasteiger partial charge in [-0.25, -0.2) is 0 Å². The molecule has 3 aromatic carbocycles. The van der Waals surface area contributed by atoms with E-state index in [2.05, 4.69) is 10.3 Å². The van der Waals surface area contributed by atoms with Crippen LogP contribution in [0, 0.1) is 5.92 Å². The van der Waals surface area contributed by atoms with Gasteiger partial charge in [0.1, 0.15) is 6.04 Å². The number of carbonyl (C=O) groups is 2. The summed E-state index contributed by atoms with van der Waals surface area (Å²) in [6.45, 7) is 0. The molecule has 0 radical (unpaired) electrons. The minimum atomic E-state index is -0.561. The third-order valence-electron chi connectivity index (χ3n) is 5.92. The van der Waals surface area contributed by atoms with Gasteiger partial charge in [-0.2, -0.15) is 0 Å². The van der Waals surface area contributed by atoms with E-state index in [0.717, 1.165) is 35.0 Å². The van der Waals surface area contributed by atoms with Crippen LogP contribution in [0.4, 0.5) is 5.69 Å². The summed E-state index contributed by atoms with van der Waals surface area (Å²) >= 11 is 0. The Kier molecular flexibility index (Phi) is 5.13. The maximum Gasteiger partial charge on any atom is 0.191 e. The Hall–Kier alpha value is -3.66. The van der Waals surface area contributed by atoms with Gasteiger partial charge < -0.3 is 10.3 Å². The molecule has 0 amide bonds. The van der Waals surface area contributed by atoms with E-state index in [-0.39, 0.29) is 11.6 Å². The van der Waals surface area contributed by atoms with Crippen molar-refractivity contribution in [2.75, 3.05) is 5.32 Å². The Morgan fingerprint density at radius 3 is 2.52 bits per heavy atom. The molecule has 4 heteroatoms. The van der Waals surface area contributed by atoms with Gasteiger partial charge in [0.15, 0.2) is 11.6 Å². The van der Waals surface area contributed by atoms with Gasteiger partial charge in [-0.3, -0.25) is 9.59 Å². The molecular formula is C27H24N2O2. The summed E-state index contributed by atoms with van der Waals surface area (Å²) in [6.07, 6.45) is 4.69. The number of Topliss-reactive ketones (excluding diaryl/α,β-unsaturated/α-hetero) is 2. The van der Waals surface area contributed by atoms with Gasteiger partial charge in [0.25, 0.3) is 0 Å². The second-order valence-corrected chi connectivity index (χ2v) is 8.25. The average molecular weight is 409 g/mol. The third kappa shape index (κ3) is 4.15. The number of aromatic amines is 1. The highest BCUT2D eigenvalue weighted by molar-refractivity contribution is 6.11. The van der Waals surface area contributed by atoms with Crippen molar-refractivity contribution in [2.45, 2.75) is 25.3 Å². The van der Waals surface area contributed by atoms with Crippen LogP contribution >= 0.6 is 0 Å². The van der Waals surface area contributed by atoms with Crippen LogP contribution in [0.5, 0.6) is 0 Å². The lowest BCUT2D eigenvalue weighted by Crippen LogP contribution is -2.21. The fourth-order valence-electron chi connectivity index (χ4n) is 4.03. The van der Waals surface area contributed by atoms with Crippen LogP contribution in [-0.4, -0.2) is 16.6 Å². The Bertz CT molecular complexity index is 1240. The van der Waals surface area contributed by atoms with E-state index in [1.54, 1.807) is 6.20 Å². The van der Waals surface area contributed by atoms with Gasteiger partial charge in [-0.15, -0.1) is 0 Å². The fourth-order valence-corrected chi connectivity index (χ4v) is 4.03. The minimum absolute atomic E-state index is 0.0154. The molecule has 4 nitrogen and oxygen atoms in total. The second-order valence-electron chi connectivity index (χ2n) is 8.25. The average Bonchev–Trinajstić information content (AvgIpc) is 3.52. The molecule has 1 saturated carbocycles. The minimum Gasteiger partial charge on any atom is -0.371 e. The van der Waals surface area contributed by atoms with E-state index < -0.39 is 6.04 Å². The monoisotopic (exact) mass is 408 g/mol. The largest absolute Gasteiger partial charge is 0.371 e. The first kappa shape index (κ1) is 19.3. The quantitative estimate of drug-likeness (QED) is 0.342. The van der Waals surface area contributed by atoms with Crippen LogP contribution in [0.15, 0.2) is 85.1 Å². The number of H-pyrrole nitrogens is 1. The van der Waals surface area contributed by atoms with E-state index in [1.807, 2.05) is 78.9 Å². The number of para-hydroxylation sites is 1. The maximum absolute atomic E-state index is 13.6. The number of carbonyl (C=O) groups excluding carboxylic acids is 2. The Morgan fingerprint density at radius 2 is 1.71 bits per heavy atom. The molecule has 1 aliphatic carbocycles. The molecule has 1 aliphatic rings. The molecule has 2 N–H and O–H groups in total. The molecule has 1 aromatic heterocycles. The summed E-state index contributed by atoms with van der Waals surface area (Å²) in [5.74, 6) is 0.702. The van der Waals surface area contributed by atoms with E-state index in [4.69, 9.17) is 0 Å². The SMILES string of the molecule is O=C(CC1CC1)c1cccc(NC(C(=O)c2c[nH]c3ccccc23)c2ccccc2)c1. The molecule has 0 spiro atoms. The first-order valence-electron chi connectivity index (χ1n) is 10.7. The highest BCUT2D eigenvalue weighted by Crippen LogP contribution is 2.34. The van der Waals surface area contributed by atoms with Crippen LogP contribution in [-0.2, 0) is 0 Å². The van der Waals surface area contributed by atoms with Crippen LogP contribution in [0.1, 0.15) is 51.6 Å². The van der Waals surface area contributed by atoms with Crippen LogP contribution in [0.25, 0.3) is 10.9 Å². The third-order valence-corrected chi connectivity index (χ3v) is 5.92. The van der Waals surface area contributed by atoms with E-state index in [9.17, 15) is 9.59 Å². The first-order valence-corrected chi connectivity index (χ1v) is 10.7. The Morgan fingerprint density at radius 1 is 0.935 bits per heavy atom. The number of hydrogen-bond donors (Lipinski definition) is 2. The summed E-state index contributed by atoms with van der Waals surface area (Å²) in [7, 11) is 0. The number of hydrogen-bond acceptors (Lipinski definition) is 3. The molecule has 1 fully saturated rings. The predicted molar refractivity (Wildman–Crippen MR) is 124 cm³/mol. The number of rotatable bonds is 8. The van der Waals surface area contributed by atoms with Crippen LogP contribution < -0.4 is 5.32 Å². The molecule has 31 heavy (non-hydrogen) atoms. The van der Waals surface area contributed by atoms with Gasteiger partial charge in [-0.1, -0.05) is 60.7 Å². The summed E-state index contributed by atoms with van der Waals surface area (Å²) < 4.78 is 0. The van der Waals surface area contributed by atoms with Crippen molar-refractivity contribution >= 4 is 28.2 Å². The molecule has 0 aliphatic heterocycles. The number of fused-ring (bicyclic) bond motifs is 1. The lowest BCUT2D eigenvalue weighted by molar-refractivity contribution is 0.0966. The van der Waals surface area contributed by atoms with Crippen LogP contribution in [0.2, 0.25) is 0 Å². The first-order chi connectivity index (χ1) is 15.2. The number of aromatic nitrogens is 1.